The van der Waals surface area contributed by atoms with Crippen LogP contribution in [0.15, 0.2) is 48.7 Å². The highest BCUT2D eigenvalue weighted by Gasteiger charge is 2.18. The standard InChI is InChI=1S/C16H9ClF2N2O/c17-11-4-10(6-13(19)7-11)15-14(8-20-21-15)16(22)9-2-1-3-12(18)5-9/h1-8H,(H,20,21). The summed E-state index contributed by atoms with van der Waals surface area (Å²) in [5.74, 6) is -1.46. The number of carbonyl (C=O) groups is 1. The van der Waals surface area contributed by atoms with Gasteiger partial charge in [0.1, 0.15) is 17.3 Å². The molecule has 0 saturated carbocycles. The van der Waals surface area contributed by atoms with Gasteiger partial charge >= 0.3 is 0 Å². The highest BCUT2D eigenvalue weighted by Crippen LogP contribution is 2.27. The molecule has 110 valence electrons. The molecule has 0 spiro atoms. The first-order valence-corrected chi connectivity index (χ1v) is 6.73. The van der Waals surface area contributed by atoms with Crippen LogP contribution in [0.5, 0.6) is 0 Å². The maximum atomic E-state index is 13.5. The van der Waals surface area contributed by atoms with Crippen molar-refractivity contribution in [2.75, 3.05) is 0 Å². The molecule has 2 aromatic carbocycles. The molecule has 1 aromatic heterocycles. The lowest BCUT2D eigenvalue weighted by molar-refractivity contribution is 0.103. The number of ketones is 1. The minimum atomic E-state index is -0.533. The van der Waals surface area contributed by atoms with E-state index >= 15 is 0 Å². The second-order valence-corrected chi connectivity index (χ2v) is 5.08. The number of aromatic amines is 1. The van der Waals surface area contributed by atoms with Crippen molar-refractivity contribution in [3.8, 4) is 11.3 Å². The lowest BCUT2D eigenvalue weighted by Crippen LogP contribution is -2.02. The van der Waals surface area contributed by atoms with Crippen LogP contribution in [0, 0.1) is 11.6 Å². The molecule has 3 aromatic rings. The van der Waals surface area contributed by atoms with E-state index < -0.39 is 17.4 Å². The minimum absolute atomic E-state index is 0.185. The molecule has 3 rings (SSSR count). The molecule has 0 amide bonds. The summed E-state index contributed by atoms with van der Waals surface area (Å²) in [5, 5.41) is 6.74. The predicted octanol–water partition coefficient (Wildman–Crippen LogP) is 4.24. The Morgan fingerprint density at radius 1 is 1.09 bits per heavy atom. The van der Waals surface area contributed by atoms with E-state index in [0.717, 1.165) is 12.1 Å². The quantitative estimate of drug-likeness (QED) is 0.734. The minimum Gasteiger partial charge on any atom is -0.288 e. The summed E-state index contributed by atoms with van der Waals surface area (Å²) < 4.78 is 26.7. The van der Waals surface area contributed by atoms with Crippen molar-refractivity contribution in [2.24, 2.45) is 0 Å². The van der Waals surface area contributed by atoms with Gasteiger partial charge < -0.3 is 0 Å². The van der Waals surface area contributed by atoms with Crippen molar-refractivity contribution >= 4 is 17.4 Å². The zero-order valence-corrected chi connectivity index (χ0v) is 11.9. The smallest absolute Gasteiger partial charge is 0.196 e. The number of H-pyrrole nitrogens is 1. The van der Waals surface area contributed by atoms with Crippen LogP contribution in [0.25, 0.3) is 11.3 Å². The number of nitrogens with one attached hydrogen (secondary N) is 1. The summed E-state index contributed by atoms with van der Waals surface area (Å²) in [6, 6.07) is 9.22. The van der Waals surface area contributed by atoms with E-state index in [1.807, 2.05) is 0 Å². The molecule has 0 unspecified atom stereocenters. The van der Waals surface area contributed by atoms with Crippen LogP contribution in [-0.4, -0.2) is 16.0 Å². The first kappa shape index (κ1) is 14.4. The maximum absolute atomic E-state index is 13.5. The fourth-order valence-electron chi connectivity index (χ4n) is 2.16. The lowest BCUT2D eigenvalue weighted by atomic mass is 10.0. The Balaban J connectivity index is 2.07. The molecule has 1 heterocycles. The van der Waals surface area contributed by atoms with E-state index in [0.29, 0.717) is 5.56 Å². The number of benzene rings is 2. The molecule has 0 bridgehead atoms. The second kappa shape index (κ2) is 5.69. The molecular formula is C16H9ClF2N2O. The molecule has 0 saturated heterocycles. The Morgan fingerprint density at radius 3 is 2.64 bits per heavy atom. The topological polar surface area (TPSA) is 45.8 Å². The molecule has 6 heteroatoms. The molecule has 3 nitrogen and oxygen atoms in total. The average Bonchev–Trinajstić information content (AvgIpc) is 2.95. The number of aromatic nitrogens is 2. The summed E-state index contributed by atoms with van der Waals surface area (Å²) in [5.41, 5.74) is 1.03. The van der Waals surface area contributed by atoms with Crippen molar-refractivity contribution in [1.29, 1.82) is 0 Å². The Hall–Kier alpha value is -2.53. The van der Waals surface area contributed by atoms with Crippen LogP contribution in [0.2, 0.25) is 5.02 Å². The van der Waals surface area contributed by atoms with Gasteiger partial charge in [-0.2, -0.15) is 5.10 Å². The Labute approximate surface area is 129 Å². The molecule has 0 aliphatic heterocycles. The second-order valence-electron chi connectivity index (χ2n) is 4.65. The van der Waals surface area contributed by atoms with Gasteiger partial charge in [0.25, 0.3) is 0 Å². The summed E-state index contributed by atoms with van der Waals surface area (Å²) in [6.07, 6.45) is 1.39. The van der Waals surface area contributed by atoms with Gasteiger partial charge in [-0.3, -0.25) is 9.89 Å². The van der Waals surface area contributed by atoms with Crippen LogP contribution in [0.1, 0.15) is 15.9 Å². The SMILES string of the molecule is O=C(c1cccc(F)c1)c1c[nH]nc1-c1cc(F)cc(Cl)c1. The van der Waals surface area contributed by atoms with E-state index in [4.69, 9.17) is 11.6 Å². The number of carbonyl (C=O) groups excluding carboxylic acids is 1. The Bertz CT molecular complexity index is 841. The largest absolute Gasteiger partial charge is 0.288 e. The van der Waals surface area contributed by atoms with Crippen molar-refractivity contribution in [2.45, 2.75) is 0 Å². The first-order chi connectivity index (χ1) is 10.5. The summed E-state index contributed by atoms with van der Waals surface area (Å²) in [4.78, 5) is 12.5. The maximum Gasteiger partial charge on any atom is 0.196 e. The zero-order valence-electron chi connectivity index (χ0n) is 11.1. The molecule has 22 heavy (non-hydrogen) atoms. The Kier molecular flexibility index (Phi) is 3.73. The number of halogens is 3. The van der Waals surface area contributed by atoms with Crippen molar-refractivity contribution in [3.05, 3.63) is 76.4 Å². The lowest BCUT2D eigenvalue weighted by Gasteiger charge is -2.04. The number of rotatable bonds is 3. The van der Waals surface area contributed by atoms with Gasteiger partial charge in [-0.1, -0.05) is 23.7 Å². The van der Waals surface area contributed by atoms with Crippen molar-refractivity contribution in [3.63, 3.8) is 0 Å². The highest BCUT2D eigenvalue weighted by molar-refractivity contribution is 6.30. The molecule has 0 radical (unpaired) electrons. The van der Waals surface area contributed by atoms with Gasteiger partial charge in [0, 0.05) is 22.3 Å². The number of hydrogen-bond donors (Lipinski definition) is 1. The van der Waals surface area contributed by atoms with E-state index in [1.165, 1.54) is 36.5 Å². The molecular weight excluding hydrogens is 310 g/mol. The van der Waals surface area contributed by atoms with Gasteiger partial charge in [-0.05, 0) is 30.3 Å². The summed E-state index contributed by atoms with van der Waals surface area (Å²) in [7, 11) is 0. The number of nitrogens with zero attached hydrogens (tertiary/aromatic N) is 1. The van der Waals surface area contributed by atoms with Crippen molar-refractivity contribution < 1.29 is 13.6 Å². The van der Waals surface area contributed by atoms with E-state index in [1.54, 1.807) is 0 Å². The number of hydrogen-bond acceptors (Lipinski definition) is 2. The van der Waals surface area contributed by atoms with E-state index in [9.17, 15) is 13.6 Å². The molecule has 0 aliphatic carbocycles. The summed E-state index contributed by atoms with van der Waals surface area (Å²) in [6.45, 7) is 0. The highest BCUT2D eigenvalue weighted by atomic mass is 35.5. The van der Waals surface area contributed by atoms with Gasteiger partial charge in [-0.15, -0.1) is 0 Å². The Morgan fingerprint density at radius 2 is 1.91 bits per heavy atom. The third-order valence-corrected chi connectivity index (χ3v) is 3.33. The zero-order chi connectivity index (χ0) is 15.7. The average molecular weight is 319 g/mol. The van der Waals surface area contributed by atoms with Gasteiger partial charge in [-0.25, -0.2) is 8.78 Å². The molecule has 1 N–H and O–H groups in total. The van der Waals surface area contributed by atoms with Crippen LogP contribution in [-0.2, 0) is 0 Å². The van der Waals surface area contributed by atoms with Crippen molar-refractivity contribution in [1.82, 2.24) is 10.2 Å². The predicted molar refractivity (Wildman–Crippen MR) is 78.8 cm³/mol. The molecule has 0 fully saturated rings. The van der Waals surface area contributed by atoms with Crippen LogP contribution >= 0.6 is 11.6 Å². The first-order valence-electron chi connectivity index (χ1n) is 6.35. The van der Waals surface area contributed by atoms with Crippen LogP contribution in [0.3, 0.4) is 0 Å². The molecule has 0 aliphatic rings. The van der Waals surface area contributed by atoms with Crippen LogP contribution in [0.4, 0.5) is 8.78 Å². The fraction of sp³-hybridized carbons (Fsp3) is 0. The van der Waals surface area contributed by atoms with Gasteiger partial charge in [0.05, 0.1) is 5.56 Å². The van der Waals surface area contributed by atoms with Crippen LogP contribution < -0.4 is 0 Å². The van der Waals surface area contributed by atoms with E-state index in [2.05, 4.69) is 10.2 Å². The van der Waals surface area contributed by atoms with E-state index in [-0.39, 0.29) is 21.8 Å². The van der Waals surface area contributed by atoms with Gasteiger partial charge in [0.15, 0.2) is 5.78 Å². The monoisotopic (exact) mass is 318 g/mol. The molecule has 0 atom stereocenters. The van der Waals surface area contributed by atoms with Gasteiger partial charge in [0.2, 0.25) is 0 Å². The normalized spacial score (nSPS) is 10.7. The third kappa shape index (κ3) is 2.76. The fourth-order valence-corrected chi connectivity index (χ4v) is 2.38. The third-order valence-electron chi connectivity index (χ3n) is 3.11. The summed E-state index contributed by atoms with van der Waals surface area (Å²) >= 11 is 5.82.